The van der Waals surface area contributed by atoms with E-state index in [9.17, 15) is 18.0 Å². The van der Waals surface area contributed by atoms with E-state index in [4.69, 9.17) is 11.6 Å². The summed E-state index contributed by atoms with van der Waals surface area (Å²) < 4.78 is 41.1. The van der Waals surface area contributed by atoms with Crippen LogP contribution in [0.4, 0.5) is 13.2 Å². The Morgan fingerprint density at radius 1 is 1.17 bits per heavy atom. The second kappa shape index (κ2) is 10.4. The molecule has 35 heavy (non-hydrogen) atoms. The molecule has 2 unspecified atom stereocenters. The monoisotopic (exact) mass is 507 g/mol. The van der Waals surface area contributed by atoms with Crippen molar-refractivity contribution < 1.29 is 13.2 Å². The number of H-pyrrole nitrogens is 1. The fraction of sp³-hybridized carbons (Fsp3) is 0.519. The van der Waals surface area contributed by atoms with Crippen molar-refractivity contribution >= 4 is 22.5 Å². The number of likely N-dealkylation sites (tertiary alicyclic amines) is 1. The molecular formula is C27H33ClF3N3O. The lowest BCUT2D eigenvalue weighted by atomic mass is 9.87. The van der Waals surface area contributed by atoms with Gasteiger partial charge in [-0.3, -0.25) is 4.79 Å². The highest BCUT2D eigenvalue weighted by molar-refractivity contribution is 6.31. The molecule has 8 heteroatoms. The van der Waals surface area contributed by atoms with Gasteiger partial charge in [-0.05, 0) is 73.5 Å². The number of fused-ring (bicyclic) bond motifs is 1. The molecule has 1 fully saturated rings. The van der Waals surface area contributed by atoms with Crippen molar-refractivity contribution in [3.63, 3.8) is 0 Å². The predicted octanol–water partition coefficient (Wildman–Crippen LogP) is 6.44. The van der Waals surface area contributed by atoms with Crippen LogP contribution >= 0.6 is 11.6 Å². The van der Waals surface area contributed by atoms with E-state index in [1.165, 1.54) is 15.7 Å². The minimum atomic E-state index is -2.04. The fourth-order valence-electron chi connectivity index (χ4n) is 5.24. The molecule has 0 aliphatic carbocycles. The number of nitrogens with zero attached hydrogens (tertiary/aromatic N) is 2. The maximum atomic E-state index is 13.9. The minimum Gasteiger partial charge on any atom is -0.354 e. The van der Waals surface area contributed by atoms with Crippen LogP contribution in [0.15, 0.2) is 29.2 Å². The third-order valence-electron chi connectivity index (χ3n) is 7.31. The molecule has 0 bridgehead atoms. The van der Waals surface area contributed by atoms with Gasteiger partial charge in [-0.2, -0.15) is 0 Å². The Morgan fingerprint density at radius 3 is 2.49 bits per heavy atom. The maximum absolute atomic E-state index is 13.9. The van der Waals surface area contributed by atoms with Crippen LogP contribution in [0.2, 0.25) is 5.02 Å². The highest BCUT2D eigenvalue weighted by Crippen LogP contribution is 2.39. The van der Waals surface area contributed by atoms with Gasteiger partial charge in [0.25, 0.3) is 5.56 Å². The van der Waals surface area contributed by atoms with E-state index in [0.717, 1.165) is 40.6 Å². The highest BCUT2D eigenvalue weighted by Gasteiger charge is 2.27. The van der Waals surface area contributed by atoms with Gasteiger partial charge in [-0.25, -0.2) is 13.2 Å². The van der Waals surface area contributed by atoms with Gasteiger partial charge in [0.15, 0.2) is 6.17 Å². The lowest BCUT2D eigenvalue weighted by molar-refractivity contribution is 0.0851. The standard InChI is InChI=1S/C27H33ClF3N3O/c1-15(2)24-19-11-18(17-7-9-34(10-8-17)14-22(31)21(30)12-29)5-6-23(19)32-26(24)20-13-33(4)27(35)25(28)16(20)3/h5-6,11,13,15,17,21-22,32H,7-10,12,14H2,1-4H3. The van der Waals surface area contributed by atoms with E-state index >= 15 is 0 Å². The number of pyridine rings is 1. The number of piperidine rings is 1. The molecule has 0 saturated carbocycles. The molecule has 4 nitrogen and oxygen atoms in total. The summed E-state index contributed by atoms with van der Waals surface area (Å²) in [5, 5.41) is 1.37. The van der Waals surface area contributed by atoms with Crippen molar-refractivity contribution in [2.45, 2.75) is 57.8 Å². The third kappa shape index (κ3) is 5.03. The van der Waals surface area contributed by atoms with Crippen molar-refractivity contribution in [2.75, 3.05) is 26.3 Å². The average molecular weight is 508 g/mol. The second-order valence-electron chi connectivity index (χ2n) is 10.0. The zero-order chi connectivity index (χ0) is 25.4. The van der Waals surface area contributed by atoms with Gasteiger partial charge in [0.1, 0.15) is 17.9 Å². The Bertz CT molecular complexity index is 1260. The van der Waals surface area contributed by atoms with E-state index in [0.29, 0.717) is 19.0 Å². The summed E-state index contributed by atoms with van der Waals surface area (Å²) in [6.45, 7) is 6.16. The Kier molecular flexibility index (Phi) is 7.67. The molecule has 1 aromatic carbocycles. The van der Waals surface area contributed by atoms with E-state index in [-0.39, 0.29) is 23.0 Å². The molecule has 3 aromatic rings. The number of hydrogen-bond acceptors (Lipinski definition) is 2. The Labute approximate surface area is 209 Å². The number of hydrogen-bond donors (Lipinski definition) is 1. The van der Waals surface area contributed by atoms with Crippen LogP contribution in [0, 0.1) is 6.92 Å². The number of benzene rings is 1. The smallest absolute Gasteiger partial charge is 0.269 e. The molecule has 0 spiro atoms. The van der Waals surface area contributed by atoms with Crippen molar-refractivity contribution in [2.24, 2.45) is 7.05 Å². The van der Waals surface area contributed by atoms with Gasteiger partial charge in [-0.1, -0.05) is 31.5 Å². The van der Waals surface area contributed by atoms with Gasteiger partial charge < -0.3 is 14.5 Å². The Morgan fingerprint density at radius 2 is 1.86 bits per heavy atom. The molecule has 3 heterocycles. The molecular weight excluding hydrogens is 475 g/mol. The van der Waals surface area contributed by atoms with Crippen LogP contribution in [0.25, 0.3) is 22.2 Å². The summed E-state index contributed by atoms with van der Waals surface area (Å²) in [5.74, 6) is 0.556. The van der Waals surface area contributed by atoms with Crippen molar-refractivity contribution in [3.8, 4) is 11.3 Å². The zero-order valence-corrected chi connectivity index (χ0v) is 21.4. The first kappa shape index (κ1) is 25.8. The van der Waals surface area contributed by atoms with Gasteiger partial charge in [0, 0.05) is 36.3 Å². The second-order valence-corrected chi connectivity index (χ2v) is 10.4. The summed E-state index contributed by atoms with van der Waals surface area (Å²) in [5.41, 5.74) is 5.85. The quantitative estimate of drug-likeness (QED) is 0.399. The fourth-order valence-corrected chi connectivity index (χ4v) is 5.47. The predicted molar refractivity (Wildman–Crippen MR) is 137 cm³/mol. The van der Waals surface area contributed by atoms with Crippen LogP contribution in [0.3, 0.4) is 0 Å². The summed E-state index contributed by atoms with van der Waals surface area (Å²) >= 11 is 6.35. The lowest BCUT2D eigenvalue weighted by Crippen LogP contribution is -2.40. The molecule has 2 atom stereocenters. The number of halogens is 4. The van der Waals surface area contributed by atoms with Gasteiger partial charge in [0.05, 0.1) is 5.69 Å². The normalized spacial score (nSPS) is 17.4. The average Bonchev–Trinajstić information content (AvgIpc) is 3.23. The van der Waals surface area contributed by atoms with E-state index in [1.54, 1.807) is 7.05 Å². The SMILES string of the molecule is Cc1c(-c2[nH]c3ccc(C4CCN(CC(F)C(F)CF)CC4)cc3c2C(C)C)cn(C)c(=O)c1Cl. The molecule has 0 amide bonds. The zero-order valence-electron chi connectivity index (χ0n) is 20.7. The van der Waals surface area contributed by atoms with Crippen LogP contribution in [0.5, 0.6) is 0 Å². The maximum Gasteiger partial charge on any atom is 0.269 e. The summed E-state index contributed by atoms with van der Waals surface area (Å²) in [6, 6.07) is 6.46. The first-order chi connectivity index (χ1) is 16.6. The van der Waals surface area contributed by atoms with Gasteiger partial charge >= 0.3 is 0 Å². The van der Waals surface area contributed by atoms with Crippen molar-refractivity contribution in [1.82, 2.24) is 14.5 Å². The van der Waals surface area contributed by atoms with Gasteiger partial charge in [0.2, 0.25) is 0 Å². The number of aromatic amines is 1. The molecule has 1 aliphatic heterocycles. The first-order valence-electron chi connectivity index (χ1n) is 12.2. The summed E-state index contributed by atoms with van der Waals surface area (Å²) in [4.78, 5) is 17.7. The number of aromatic nitrogens is 2. The van der Waals surface area contributed by atoms with Crippen LogP contribution in [-0.2, 0) is 7.05 Å². The largest absolute Gasteiger partial charge is 0.354 e. The molecule has 1 saturated heterocycles. The number of rotatable bonds is 7. The van der Waals surface area contributed by atoms with Gasteiger partial charge in [-0.15, -0.1) is 0 Å². The number of alkyl halides is 3. The van der Waals surface area contributed by atoms with E-state index < -0.39 is 19.0 Å². The highest BCUT2D eigenvalue weighted by atomic mass is 35.5. The first-order valence-corrected chi connectivity index (χ1v) is 12.6. The third-order valence-corrected chi connectivity index (χ3v) is 7.75. The van der Waals surface area contributed by atoms with Crippen LogP contribution < -0.4 is 5.56 Å². The van der Waals surface area contributed by atoms with Crippen LogP contribution in [0.1, 0.15) is 55.2 Å². The lowest BCUT2D eigenvalue weighted by Gasteiger charge is -2.33. The molecule has 190 valence electrons. The molecule has 4 rings (SSSR count). The molecule has 1 aliphatic rings. The van der Waals surface area contributed by atoms with Crippen molar-refractivity contribution in [3.05, 3.63) is 56.5 Å². The Balaban J connectivity index is 1.63. The van der Waals surface area contributed by atoms with Crippen molar-refractivity contribution in [1.29, 1.82) is 0 Å². The minimum absolute atomic E-state index is 0.0585. The molecule has 0 radical (unpaired) electrons. The number of nitrogens with one attached hydrogen (secondary N) is 1. The molecule has 1 N–H and O–H groups in total. The Hall–Kier alpha value is -2.25. The molecule has 2 aromatic heterocycles. The summed E-state index contributed by atoms with van der Waals surface area (Å²) in [6.07, 6.45) is -0.310. The van der Waals surface area contributed by atoms with E-state index in [1.807, 2.05) is 18.0 Å². The van der Waals surface area contributed by atoms with Crippen LogP contribution in [-0.4, -0.2) is 53.1 Å². The summed E-state index contributed by atoms with van der Waals surface area (Å²) in [7, 11) is 1.70. The van der Waals surface area contributed by atoms with E-state index in [2.05, 4.69) is 37.0 Å². The number of aryl methyl sites for hydroxylation is 1. The topological polar surface area (TPSA) is 41.0 Å².